The summed E-state index contributed by atoms with van der Waals surface area (Å²) in [4.78, 5) is 26.5. The second-order valence-electron chi connectivity index (χ2n) is 4.57. The van der Waals surface area contributed by atoms with Gasteiger partial charge in [-0.25, -0.2) is 0 Å². The van der Waals surface area contributed by atoms with E-state index >= 15 is 0 Å². The van der Waals surface area contributed by atoms with Gasteiger partial charge in [-0.15, -0.1) is 0 Å². The largest absolute Gasteiger partial charge is 0.392 e. The Balaban J connectivity index is 1.84. The Morgan fingerprint density at radius 1 is 1.38 bits per heavy atom. The van der Waals surface area contributed by atoms with Gasteiger partial charge in [0.25, 0.3) is 0 Å². The molecule has 0 bridgehead atoms. The zero-order chi connectivity index (χ0) is 11.5. The van der Waals surface area contributed by atoms with Gasteiger partial charge in [-0.3, -0.25) is 19.4 Å². The maximum Gasteiger partial charge on any atom is 0.243 e. The van der Waals surface area contributed by atoms with Gasteiger partial charge in [-0.2, -0.15) is 0 Å². The molecule has 2 aliphatic heterocycles. The summed E-state index contributed by atoms with van der Waals surface area (Å²) in [6, 6.07) is 0. The van der Waals surface area contributed by atoms with E-state index in [9.17, 15) is 14.7 Å². The second kappa shape index (κ2) is 4.93. The molecule has 0 aromatic heterocycles. The molecule has 0 radical (unpaired) electrons. The molecule has 16 heavy (non-hydrogen) atoms. The highest BCUT2D eigenvalue weighted by molar-refractivity contribution is 5.97. The molecule has 1 atom stereocenters. The zero-order valence-corrected chi connectivity index (χ0v) is 9.39. The monoisotopic (exact) mass is 226 g/mol. The van der Waals surface area contributed by atoms with Crippen LogP contribution in [0.4, 0.5) is 0 Å². The number of β-amino-alcohol motifs (C(OH)–C–C–N with tert-alkyl or cyclic N) is 1. The third-order valence-electron chi connectivity index (χ3n) is 3.21. The zero-order valence-electron chi connectivity index (χ0n) is 9.39. The van der Waals surface area contributed by atoms with Crippen LogP contribution in [0.3, 0.4) is 0 Å². The Labute approximate surface area is 95.0 Å². The van der Waals surface area contributed by atoms with E-state index in [1.165, 1.54) is 4.90 Å². The minimum Gasteiger partial charge on any atom is -0.392 e. The maximum absolute atomic E-state index is 11.8. The molecule has 0 spiro atoms. The molecule has 1 unspecified atom stereocenters. The van der Waals surface area contributed by atoms with Crippen molar-refractivity contribution in [2.24, 2.45) is 0 Å². The average Bonchev–Trinajstić information content (AvgIpc) is 2.64. The summed E-state index contributed by atoms with van der Waals surface area (Å²) in [5.74, 6) is -0.167. The molecule has 0 aromatic carbocycles. The van der Waals surface area contributed by atoms with Crippen LogP contribution in [0.15, 0.2) is 0 Å². The van der Waals surface area contributed by atoms with E-state index in [1.54, 1.807) is 0 Å². The van der Waals surface area contributed by atoms with E-state index in [4.69, 9.17) is 0 Å². The van der Waals surface area contributed by atoms with Crippen molar-refractivity contribution >= 4 is 11.8 Å². The van der Waals surface area contributed by atoms with Gasteiger partial charge in [-0.1, -0.05) is 0 Å². The molecule has 5 heteroatoms. The van der Waals surface area contributed by atoms with Crippen LogP contribution in [0.1, 0.15) is 25.7 Å². The van der Waals surface area contributed by atoms with E-state index in [0.29, 0.717) is 19.5 Å². The topological polar surface area (TPSA) is 60.9 Å². The first kappa shape index (κ1) is 11.5. The summed E-state index contributed by atoms with van der Waals surface area (Å²) >= 11 is 0. The standard InChI is InChI=1S/C11H18N2O3/c14-9-3-1-5-12(7-9)8-11(16)13-6-2-4-10(13)15/h9,14H,1-8H2. The number of nitrogens with zero attached hydrogens (tertiary/aromatic N) is 2. The Kier molecular flexibility index (Phi) is 3.56. The lowest BCUT2D eigenvalue weighted by atomic mass is 10.1. The molecule has 0 aromatic rings. The van der Waals surface area contributed by atoms with Crippen LogP contribution in [0.5, 0.6) is 0 Å². The highest BCUT2D eigenvalue weighted by Crippen LogP contribution is 2.13. The smallest absolute Gasteiger partial charge is 0.243 e. The second-order valence-corrected chi connectivity index (χ2v) is 4.57. The fourth-order valence-corrected chi connectivity index (χ4v) is 2.36. The first-order valence-electron chi connectivity index (χ1n) is 5.90. The third kappa shape index (κ3) is 2.59. The molecule has 1 N–H and O–H groups in total. The van der Waals surface area contributed by atoms with Crippen LogP contribution in [-0.4, -0.2) is 59.0 Å². The number of imide groups is 1. The van der Waals surface area contributed by atoms with Crippen LogP contribution in [-0.2, 0) is 9.59 Å². The molecule has 0 aliphatic carbocycles. The van der Waals surface area contributed by atoms with Crippen LogP contribution < -0.4 is 0 Å². The predicted molar refractivity (Wildman–Crippen MR) is 57.6 cm³/mol. The lowest BCUT2D eigenvalue weighted by molar-refractivity contribution is -0.142. The van der Waals surface area contributed by atoms with Gasteiger partial charge in [0, 0.05) is 19.5 Å². The van der Waals surface area contributed by atoms with Crippen molar-refractivity contribution in [2.75, 3.05) is 26.2 Å². The van der Waals surface area contributed by atoms with Crippen molar-refractivity contribution in [3.8, 4) is 0 Å². The van der Waals surface area contributed by atoms with Gasteiger partial charge in [0.05, 0.1) is 12.6 Å². The minimum atomic E-state index is -0.323. The van der Waals surface area contributed by atoms with Gasteiger partial charge in [-0.05, 0) is 25.8 Å². The predicted octanol–water partition coefficient (Wildman–Crippen LogP) is -0.408. The molecule has 2 saturated heterocycles. The highest BCUT2D eigenvalue weighted by Gasteiger charge is 2.28. The van der Waals surface area contributed by atoms with Crippen LogP contribution >= 0.6 is 0 Å². The number of piperidine rings is 1. The maximum atomic E-state index is 11.8. The van der Waals surface area contributed by atoms with Crippen LogP contribution in [0, 0.1) is 0 Å². The summed E-state index contributed by atoms with van der Waals surface area (Å²) in [5, 5.41) is 9.48. The molecular weight excluding hydrogens is 208 g/mol. The fourth-order valence-electron chi connectivity index (χ4n) is 2.36. The minimum absolute atomic E-state index is 0.0532. The summed E-state index contributed by atoms with van der Waals surface area (Å²) in [6.07, 6.45) is 2.69. The summed E-state index contributed by atoms with van der Waals surface area (Å²) in [6.45, 7) is 2.22. The normalized spacial score (nSPS) is 27.4. The molecule has 2 fully saturated rings. The van der Waals surface area contributed by atoms with E-state index < -0.39 is 0 Å². The fraction of sp³-hybridized carbons (Fsp3) is 0.818. The van der Waals surface area contributed by atoms with Gasteiger partial charge in [0.1, 0.15) is 0 Å². The van der Waals surface area contributed by atoms with Crippen molar-refractivity contribution in [2.45, 2.75) is 31.8 Å². The highest BCUT2D eigenvalue weighted by atomic mass is 16.3. The number of amides is 2. The number of hydrogen-bond acceptors (Lipinski definition) is 4. The first-order chi connectivity index (χ1) is 7.66. The molecule has 0 saturated carbocycles. The Bertz CT molecular complexity index is 293. The summed E-state index contributed by atoms with van der Waals surface area (Å²) < 4.78 is 0. The summed E-state index contributed by atoms with van der Waals surface area (Å²) in [5.41, 5.74) is 0. The van der Waals surface area contributed by atoms with Gasteiger partial charge >= 0.3 is 0 Å². The molecule has 2 amide bonds. The van der Waals surface area contributed by atoms with E-state index in [-0.39, 0.29) is 24.5 Å². The van der Waals surface area contributed by atoms with Crippen molar-refractivity contribution in [1.29, 1.82) is 0 Å². The Hall–Kier alpha value is -0.940. The summed E-state index contributed by atoms with van der Waals surface area (Å²) in [7, 11) is 0. The number of carbonyl (C=O) groups excluding carboxylic acids is 2. The average molecular weight is 226 g/mol. The molecule has 90 valence electrons. The van der Waals surface area contributed by atoms with Crippen molar-refractivity contribution in [3.63, 3.8) is 0 Å². The van der Waals surface area contributed by atoms with Crippen LogP contribution in [0.2, 0.25) is 0 Å². The molecule has 2 heterocycles. The van der Waals surface area contributed by atoms with E-state index in [0.717, 1.165) is 25.8 Å². The molecule has 5 nitrogen and oxygen atoms in total. The number of likely N-dealkylation sites (tertiary alicyclic amines) is 2. The van der Waals surface area contributed by atoms with Crippen molar-refractivity contribution in [3.05, 3.63) is 0 Å². The SMILES string of the molecule is O=C1CCCN1C(=O)CN1CCCC(O)C1. The molecule has 2 rings (SSSR count). The number of carbonyl (C=O) groups is 2. The number of rotatable bonds is 2. The van der Waals surface area contributed by atoms with Crippen molar-refractivity contribution < 1.29 is 14.7 Å². The third-order valence-corrected chi connectivity index (χ3v) is 3.21. The Morgan fingerprint density at radius 2 is 2.19 bits per heavy atom. The van der Waals surface area contributed by atoms with Gasteiger partial charge in [0.2, 0.25) is 11.8 Å². The number of aliphatic hydroxyl groups excluding tert-OH is 1. The van der Waals surface area contributed by atoms with Gasteiger partial charge < -0.3 is 5.11 Å². The Morgan fingerprint density at radius 3 is 2.81 bits per heavy atom. The number of hydrogen-bond donors (Lipinski definition) is 1. The quantitative estimate of drug-likeness (QED) is 0.695. The molecule has 2 aliphatic rings. The van der Waals surface area contributed by atoms with Gasteiger partial charge in [0.15, 0.2) is 0 Å². The lowest BCUT2D eigenvalue weighted by Gasteiger charge is -2.30. The van der Waals surface area contributed by atoms with Crippen LogP contribution in [0.25, 0.3) is 0 Å². The molecular formula is C11H18N2O3. The van der Waals surface area contributed by atoms with Crippen molar-refractivity contribution in [1.82, 2.24) is 9.80 Å². The van der Waals surface area contributed by atoms with E-state index in [1.807, 2.05) is 4.90 Å². The lowest BCUT2D eigenvalue weighted by Crippen LogP contribution is -2.45. The number of aliphatic hydroxyl groups is 1. The van der Waals surface area contributed by atoms with E-state index in [2.05, 4.69) is 0 Å². The first-order valence-corrected chi connectivity index (χ1v) is 5.90.